The van der Waals surface area contributed by atoms with Gasteiger partial charge >= 0.3 is 0 Å². The molecule has 0 unspecified atom stereocenters. The van der Waals surface area contributed by atoms with Crippen molar-refractivity contribution in [3.8, 4) is 0 Å². The third kappa shape index (κ3) is 4.24. The fraction of sp³-hybridized carbons (Fsp3) is 0.353. The van der Waals surface area contributed by atoms with Gasteiger partial charge in [0.05, 0.1) is 29.3 Å². The third-order valence-electron chi connectivity index (χ3n) is 3.40. The molecule has 0 aliphatic carbocycles. The number of carbonyl (C=O) groups is 1. The lowest BCUT2D eigenvalue weighted by Gasteiger charge is -2.18. The monoisotopic (exact) mass is 347 g/mol. The number of para-hydroxylation sites is 1. The number of nitrogens with one attached hydrogen (secondary N) is 1. The first-order valence-electron chi connectivity index (χ1n) is 7.59. The second-order valence-corrected chi connectivity index (χ2v) is 6.21. The second kappa shape index (κ2) is 8.65. The number of fused-ring (bicyclic) bond motifs is 1. The largest absolute Gasteiger partial charge is 0.383 e. The Kier molecular flexibility index (Phi) is 6.57. The van der Waals surface area contributed by atoms with Gasteiger partial charge in [0.1, 0.15) is 0 Å². The molecular weight excluding hydrogens is 326 g/mol. The fourth-order valence-electron chi connectivity index (χ4n) is 2.30. The smallest absolute Gasteiger partial charge is 0.262 e. The first-order chi connectivity index (χ1) is 11.6. The van der Waals surface area contributed by atoms with E-state index in [1.54, 1.807) is 29.9 Å². The van der Waals surface area contributed by atoms with E-state index in [0.29, 0.717) is 29.2 Å². The lowest BCUT2D eigenvalue weighted by molar-refractivity contribution is -0.118. The first-order valence-corrected chi connectivity index (χ1v) is 8.57. The molecule has 1 amide bonds. The highest BCUT2D eigenvalue weighted by atomic mass is 32.2. The SMILES string of the molecule is C=CCNC(=O)CSc1nc2ccccc2c(=O)n1[C@H](C)COC. The molecule has 2 aromatic rings. The number of methoxy groups -OCH3 is 1. The van der Waals surface area contributed by atoms with Crippen LogP contribution >= 0.6 is 11.8 Å². The zero-order valence-corrected chi connectivity index (χ0v) is 14.6. The molecule has 24 heavy (non-hydrogen) atoms. The molecule has 0 saturated heterocycles. The molecule has 0 aliphatic heterocycles. The standard InChI is InChI=1S/C17H21N3O3S/c1-4-9-18-15(21)11-24-17-19-14-8-6-5-7-13(14)16(22)20(17)12(2)10-23-3/h4-8,12H,1,9-11H2,2-3H3,(H,18,21)/t12-/m1/s1. The molecule has 0 bridgehead atoms. The van der Waals surface area contributed by atoms with Gasteiger partial charge in [-0.3, -0.25) is 14.2 Å². The lowest BCUT2D eigenvalue weighted by Crippen LogP contribution is -2.30. The highest BCUT2D eigenvalue weighted by Gasteiger charge is 2.17. The Morgan fingerprint density at radius 1 is 1.50 bits per heavy atom. The topological polar surface area (TPSA) is 73.2 Å². The molecule has 1 heterocycles. The first kappa shape index (κ1) is 18.2. The van der Waals surface area contributed by atoms with Crippen LogP contribution in [0.4, 0.5) is 0 Å². The number of amides is 1. The third-order valence-corrected chi connectivity index (χ3v) is 4.35. The molecule has 7 heteroatoms. The fourth-order valence-corrected chi connectivity index (χ4v) is 3.23. The second-order valence-electron chi connectivity index (χ2n) is 5.27. The van der Waals surface area contributed by atoms with Crippen molar-refractivity contribution < 1.29 is 9.53 Å². The number of thioether (sulfide) groups is 1. The van der Waals surface area contributed by atoms with E-state index in [1.807, 2.05) is 19.1 Å². The molecule has 0 spiro atoms. The molecular formula is C17H21N3O3S. The molecule has 0 aliphatic rings. The molecule has 1 aromatic heterocycles. The van der Waals surface area contributed by atoms with Gasteiger partial charge in [-0.2, -0.15) is 0 Å². The number of hydrogen-bond acceptors (Lipinski definition) is 5. The van der Waals surface area contributed by atoms with Gasteiger partial charge < -0.3 is 10.1 Å². The molecule has 128 valence electrons. The summed E-state index contributed by atoms with van der Waals surface area (Å²) in [6, 6.07) is 7.02. The number of aromatic nitrogens is 2. The van der Waals surface area contributed by atoms with Crippen molar-refractivity contribution >= 4 is 28.6 Å². The van der Waals surface area contributed by atoms with E-state index in [2.05, 4.69) is 16.9 Å². The minimum atomic E-state index is -0.182. The Hall–Kier alpha value is -2.12. The number of hydrogen-bond donors (Lipinski definition) is 1. The van der Waals surface area contributed by atoms with Crippen LogP contribution in [-0.4, -0.2) is 41.5 Å². The number of benzene rings is 1. The van der Waals surface area contributed by atoms with Crippen molar-refractivity contribution in [2.24, 2.45) is 0 Å². The molecule has 6 nitrogen and oxygen atoms in total. The van der Waals surface area contributed by atoms with Crippen molar-refractivity contribution in [1.29, 1.82) is 0 Å². The summed E-state index contributed by atoms with van der Waals surface area (Å²) in [4.78, 5) is 29.2. The minimum absolute atomic E-state index is 0.126. The minimum Gasteiger partial charge on any atom is -0.383 e. The van der Waals surface area contributed by atoms with Crippen LogP contribution in [0.1, 0.15) is 13.0 Å². The van der Waals surface area contributed by atoms with Crippen LogP contribution in [-0.2, 0) is 9.53 Å². The summed E-state index contributed by atoms with van der Waals surface area (Å²) >= 11 is 1.24. The summed E-state index contributed by atoms with van der Waals surface area (Å²) in [5.74, 6) is 0.0476. The van der Waals surface area contributed by atoms with Gasteiger partial charge in [-0.15, -0.1) is 6.58 Å². The van der Waals surface area contributed by atoms with E-state index >= 15 is 0 Å². The van der Waals surface area contributed by atoms with E-state index in [-0.39, 0.29) is 23.3 Å². The summed E-state index contributed by atoms with van der Waals surface area (Å²) in [5.41, 5.74) is 0.497. The Bertz CT molecular complexity index is 788. The van der Waals surface area contributed by atoms with Crippen LogP contribution < -0.4 is 10.9 Å². The maximum Gasteiger partial charge on any atom is 0.262 e. The van der Waals surface area contributed by atoms with Gasteiger partial charge in [-0.05, 0) is 19.1 Å². The molecule has 1 aromatic carbocycles. The average molecular weight is 347 g/mol. The summed E-state index contributed by atoms with van der Waals surface area (Å²) in [5, 5.41) is 3.78. The number of ether oxygens (including phenoxy) is 1. The zero-order chi connectivity index (χ0) is 17.5. The van der Waals surface area contributed by atoms with Crippen molar-refractivity contribution in [2.75, 3.05) is 26.0 Å². The lowest BCUT2D eigenvalue weighted by atomic mass is 10.2. The zero-order valence-electron chi connectivity index (χ0n) is 13.8. The Balaban J connectivity index is 2.38. The summed E-state index contributed by atoms with van der Waals surface area (Å²) in [6.45, 7) is 6.25. The van der Waals surface area contributed by atoms with Gasteiger partial charge in [0, 0.05) is 13.7 Å². The van der Waals surface area contributed by atoms with Gasteiger partial charge in [0.2, 0.25) is 5.91 Å². The Morgan fingerprint density at radius 2 is 2.25 bits per heavy atom. The molecule has 0 fully saturated rings. The summed E-state index contributed by atoms with van der Waals surface area (Å²) in [7, 11) is 1.59. The van der Waals surface area contributed by atoms with E-state index in [4.69, 9.17) is 4.74 Å². The van der Waals surface area contributed by atoms with Crippen molar-refractivity contribution in [3.05, 3.63) is 47.3 Å². The summed E-state index contributed by atoms with van der Waals surface area (Å²) < 4.78 is 6.77. The predicted molar refractivity (Wildman–Crippen MR) is 96.5 cm³/mol. The van der Waals surface area contributed by atoms with E-state index in [1.165, 1.54) is 11.8 Å². The van der Waals surface area contributed by atoms with Gasteiger partial charge in [0.15, 0.2) is 5.16 Å². The van der Waals surface area contributed by atoms with E-state index in [9.17, 15) is 9.59 Å². The van der Waals surface area contributed by atoms with Crippen molar-refractivity contribution in [3.63, 3.8) is 0 Å². The quantitative estimate of drug-likeness (QED) is 0.449. The number of carbonyl (C=O) groups excluding carboxylic acids is 1. The average Bonchev–Trinajstić information content (AvgIpc) is 2.58. The highest BCUT2D eigenvalue weighted by molar-refractivity contribution is 7.99. The molecule has 0 radical (unpaired) electrons. The Morgan fingerprint density at radius 3 is 2.96 bits per heavy atom. The summed E-state index contributed by atoms with van der Waals surface area (Å²) in [6.07, 6.45) is 1.62. The van der Waals surface area contributed by atoms with Gasteiger partial charge in [-0.25, -0.2) is 4.98 Å². The van der Waals surface area contributed by atoms with Crippen LogP contribution in [0.5, 0.6) is 0 Å². The van der Waals surface area contributed by atoms with Gasteiger partial charge in [-0.1, -0.05) is 30.0 Å². The highest BCUT2D eigenvalue weighted by Crippen LogP contribution is 2.21. The number of nitrogens with zero attached hydrogens (tertiary/aromatic N) is 2. The Labute approximate surface area is 144 Å². The molecule has 2 rings (SSSR count). The molecule has 1 N–H and O–H groups in total. The maximum absolute atomic E-state index is 12.8. The van der Waals surface area contributed by atoms with Crippen LogP contribution in [0, 0.1) is 0 Å². The normalized spacial score (nSPS) is 12.1. The van der Waals surface area contributed by atoms with Gasteiger partial charge in [0.25, 0.3) is 5.56 Å². The van der Waals surface area contributed by atoms with Crippen molar-refractivity contribution in [2.45, 2.75) is 18.1 Å². The van der Waals surface area contributed by atoms with E-state index < -0.39 is 0 Å². The van der Waals surface area contributed by atoms with Crippen LogP contribution in [0.3, 0.4) is 0 Å². The molecule has 0 saturated carbocycles. The maximum atomic E-state index is 12.8. The van der Waals surface area contributed by atoms with Crippen molar-refractivity contribution in [1.82, 2.24) is 14.9 Å². The number of rotatable bonds is 8. The molecule has 1 atom stereocenters. The van der Waals surface area contributed by atoms with Crippen LogP contribution in [0.15, 0.2) is 46.9 Å². The van der Waals surface area contributed by atoms with Crippen LogP contribution in [0.25, 0.3) is 10.9 Å². The van der Waals surface area contributed by atoms with Crippen LogP contribution in [0.2, 0.25) is 0 Å². The predicted octanol–water partition coefficient (Wildman–Crippen LogP) is 2.00. The van der Waals surface area contributed by atoms with E-state index in [0.717, 1.165) is 0 Å².